The highest BCUT2D eigenvalue weighted by Gasteiger charge is 2.30. The molecule has 1 aliphatic heterocycles. The molecule has 0 bridgehead atoms. The van der Waals surface area contributed by atoms with Crippen LogP contribution in [0.1, 0.15) is 12.8 Å². The van der Waals surface area contributed by atoms with E-state index in [1.807, 2.05) is 7.05 Å². The van der Waals surface area contributed by atoms with Crippen LogP contribution in [0.2, 0.25) is 4.34 Å². The van der Waals surface area contributed by atoms with Gasteiger partial charge in [-0.05, 0) is 44.5 Å². The van der Waals surface area contributed by atoms with Crippen LogP contribution in [0.5, 0.6) is 0 Å². The van der Waals surface area contributed by atoms with Crippen LogP contribution in [0, 0.1) is 5.92 Å². The van der Waals surface area contributed by atoms with Gasteiger partial charge >= 0.3 is 0 Å². The van der Waals surface area contributed by atoms with Gasteiger partial charge < -0.3 is 5.32 Å². The van der Waals surface area contributed by atoms with Crippen LogP contribution in [0.3, 0.4) is 0 Å². The number of hydrogen-bond donors (Lipinski definition) is 1. The molecule has 8 heteroatoms. The monoisotopic (exact) mass is 344 g/mol. The molecule has 0 amide bonds. The second-order valence-electron chi connectivity index (χ2n) is 4.49. The summed E-state index contributed by atoms with van der Waals surface area (Å²) in [6, 6.07) is 3.22. The van der Waals surface area contributed by atoms with Crippen molar-refractivity contribution in [3.63, 3.8) is 0 Å². The zero-order chi connectivity index (χ0) is 13.2. The van der Waals surface area contributed by atoms with Crippen molar-refractivity contribution in [2.24, 2.45) is 5.92 Å². The summed E-state index contributed by atoms with van der Waals surface area (Å²) in [4.78, 5) is 0. The van der Waals surface area contributed by atoms with E-state index in [9.17, 15) is 8.42 Å². The number of halogens is 2. The number of nitrogens with one attached hydrogen (secondary N) is 1. The number of piperidine rings is 1. The number of nitrogens with zero attached hydrogens (tertiary/aromatic N) is 1. The molecule has 0 saturated carbocycles. The van der Waals surface area contributed by atoms with Crippen LogP contribution in [-0.2, 0) is 10.0 Å². The fraction of sp³-hybridized carbons (Fsp3) is 0.636. The third-order valence-electron chi connectivity index (χ3n) is 3.12. The molecule has 1 aliphatic rings. The molecule has 2 rings (SSSR count). The van der Waals surface area contributed by atoms with Gasteiger partial charge in [0.1, 0.15) is 4.21 Å². The van der Waals surface area contributed by atoms with E-state index in [2.05, 4.69) is 5.32 Å². The van der Waals surface area contributed by atoms with Crippen molar-refractivity contribution in [2.75, 3.05) is 26.7 Å². The number of thiophene rings is 1. The van der Waals surface area contributed by atoms with E-state index < -0.39 is 10.0 Å². The molecule has 0 radical (unpaired) electrons. The Morgan fingerprint density at radius 3 is 2.84 bits per heavy atom. The largest absolute Gasteiger partial charge is 0.319 e. The van der Waals surface area contributed by atoms with Gasteiger partial charge in [-0.3, -0.25) is 0 Å². The van der Waals surface area contributed by atoms with E-state index in [0.717, 1.165) is 30.7 Å². The topological polar surface area (TPSA) is 49.4 Å². The number of rotatable bonds is 4. The predicted octanol–water partition coefficient (Wildman–Crippen LogP) is 2.44. The molecule has 2 heterocycles. The number of hydrogen-bond acceptors (Lipinski definition) is 4. The standard InChI is InChI=1S/C11H17ClN2O2S2.ClH/c1-13-7-9-3-2-6-14(8-9)18(15,16)11-5-4-10(12)17-11;/h4-5,9,13H,2-3,6-8H2,1H3;1H. The Balaban J connectivity index is 0.00000180. The molecule has 1 saturated heterocycles. The summed E-state index contributed by atoms with van der Waals surface area (Å²) in [5, 5.41) is 3.11. The maximum absolute atomic E-state index is 12.4. The third-order valence-corrected chi connectivity index (χ3v) is 6.68. The Hall–Kier alpha value is 0.150. The van der Waals surface area contributed by atoms with Gasteiger partial charge in [0.2, 0.25) is 0 Å². The Labute approximate surface area is 129 Å². The Morgan fingerprint density at radius 2 is 2.26 bits per heavy atom. The SMILES string of the molecule is CNCC1CCCN(S(=O)(=O)c2ccc(Cl)s2)C1.Cl. The molecule has 1 atom stereocenters. The van der Waals surface area contributed by atoms with Gasteiger partial charge in [-0.2, -0.15) is 4.31 Å². The Morgan fingerprint density at radius 1 is 1.53 bits per heavy atom. The summed E-state index contributed by atoms with van der Waals surface area (Å²) >= 11 is 6.93. The second kappa shape index (κ2) is 7.24. The molecule has 1 aromatic rings. The quantitative estimate of drug-likeness (QED) is 0.912. The van der Waals surface area contributed by atoms with Crippen LogP contribution in [0.4, 0.5) is 0 Å². The van der Waals surface area contributed by atoms with Gasteiger partial charge in [0, 0.05) is 13.1 Å². The molecule has 0 spiro atoms. The maximum Gasteiger partial charge on any atom is 0.252 e. The smallest absolute Gasteiger partial charge is 0.252 e. The molecule has 1 aromatic heterocycles. The Bertz CT molecular complexity index is 503. The van der Waals surface area contributed by atoms with E-state index in [4.69, 9.17) is 11.6 Å². The van der Waals surface area contributed by atoms with Crippen molar-refractivity contribution >= 4 is 45.4 Å². The fourth-order valence-electron chi connectivity index (χ4n) is 2.26. The summed E-state index contributed by atoms with van der Waals surface area (Å²) in [7, 11) is -1.46. The summed E-state index contributed by atoms with van der Waals surface area (Å²) < 4.78 is 27.3. The summed E-state index contributed by atoms with van der Waals surface area (Å²) in [6.45, 7) is 2.06. The Kier molecular flexibility index (Phi) is 6.56. The third kappa shape index (κ3) is 4.06. The average Bonchev–Trinajstić information content (AvgIpc) is 2.77. The first-order valence-electron chi connectivity index (χ1n) is 5.94. The summed E-state index contributed by atoms with van der Waals surface area (Å²) in [5.74, 6) is 0.397. The fourth-order valence-corrected chi connectivity index (χ4v) is 5.46. The molecular weight excluding hydrogens is 327 g/mol. The van der Waals surface area contributed by atoms with Gasteiger partial charge in [0.25, 0.3) is 10.0 Å². The minimum atomic E-state index is -3.35. The van der Waals surface area contributed by atoms with Crippen LogP contribution in [-0.4, -0.2) is 39.4 Å². The van der Waals surface area contributed by atoms with Gasteiger partial charge in [-0.15, -0.1) is 23.7 Å². The predicted molar refractivity (Wildman–Crippen MR) is 82.0 cm³/mol. The lowest BCUT2D eigenvalue weighted by molar-refractivity contribution is 0.264. The van der Waals surface area contributed by atoms with Gasteiger partial charge in [0.05, 0.1) is 4.34 Å². The minimum Gasteiger partial charge on any atom is -0.319 e. The van der Waals surface area contributed by atoms with Gasteiger partial charge in [0.15, 0.2) is 0 Å². The first kappa shape index (κ1) is 17.2. The minimum absolute atomic E-state index is 0. The maximum atomic E-state index is 12.4. The molecular formula is C11H18Cl2N2O2S2. The van der Waals surface area contributed by atoms with Crippen LogP contribution in [0.15, 0.2) is 16.3 Å². The first-order chi connectivity index (χ1) is 8.54. The van der Waals surface area contributed by atoms with E-state index in [1.54, 1.807) is 16.4 Å². The zero-order valence-electron chi connectivity index (χ0n) is 10.6. The molecule has 1 N–H and O–H groups in total. The van der Waals surface area contributed by atoms with Crippen molar-refractivity contribution in [3.8, 4) is 0 Å². The van der Waals surface area contributed by atoms with Crippen LogP contribution >= 0.6 is 35.3 Å². The molecule has 4 nitrogen and oxygen atoms in total. The normalized spacial score (nSPS) is 21.1. The average molecular weight is 345 g/mol. The van der Waals surface area contributed by atoms with Crippen molar-refractivity contribution < 1.29 is 8.42 Å². The van der Waals surface area contributed by atoms with Crippen molar-refractivity contribution in [3.05, 3.63) is 16.5 Å². The van der Waals surface area contributed by atoms with E-state index >= 15 is 0 Å². The van der Waals surface area contributed by atoms with Crippen LogP contribution < -0.4 is 5.32 Å². The highest BCUT2D eigenvalue weighted by Crippen LogP contribution is 2.30. The molecule has 1 unspecified atom stereocenters. The highest BCUT2D eigenvalue weighted by atomic mass is 35.5. The molecule has 110 valence electrons. The highest BCUT2D eigenvalue weighted by molar-refractivity contribution is 7.91. The molecule has 0 aliphatic carbocycles. The second-order valence-corrected chi connectivity index (χ2v) is 8.37. The lowest BCUT2D eigenvalue weighted by atomic mass is 10.00. The van der Waals surface area contributed by atoms with E-state index in [-0.39, 0.29) is 12.4 Å². The molecule has 0 aromatic carbocycles. The summed E-state index contributed by atoms with van der Waals surface area (Å²) in [6.07, 6.45) is 2.00. The van der Waals surface area contributed by atoms with Crippen LogP contribution in [0.25, 0.3) is 0 Å². The molecule has 1 fully saturated rings. The van der Waals surface area contributed by atoms with E-state index in [0.29, 0.717) is 27.6 Å². The molecule has 19 heavy (non-hydrogen) atoms. The number of sulfonamides is 1. The van der Waals surface area contributed by atoms with Gasteiger partial charge in [-0.25, -0.2) is 8.42 Å². The first-order valence-corrected chi connectivity index (χ1v) is 8.57. The zero-order valence-corrected chi connectivity index (χ0v) is 13.8. The summed E-state index contributed by atoms with van der Waals surface area (Å²) in [5.41, 5.74) is 0. The lowest BCUT2D eigenvalue weighted by Crippen LogP contribution is -2.42. The van der Waals surface area contributed by atoms with E-state index in [1.165, 1.54) is 0 Å². The van der Waals surface area contributed by atoms with Crippen molar-refractivity contribution in [1.29, 1.82) is 0 Å². The van der Waals surface area contributed by atoms with Crippen molar-refractivity contribution in [1.82, 2.24) is 9.62 Å². The van der Waals surface area contributed by atoms with Crippen molar-refractivity contribution in [2.45, 2.75) is 17.1 Å². The van der Waals surface area contributed by atoms with Gasteiger partial charge in [-0.1, -0.05) is 11.6 Å². The lowest BCUT2D eigenvalue weighted by Gasteiger charge is -2.31.